The molecule has 1 aliphatic heterocycles. The maximum atomic E-state index is 11.1. The molecule has 1 heterocycles. The Labute approximate surface area is 120 Å². The molecule has 1 fully saturated rings. The second-order valence-electron chi connectivity index (χ2n) is 3.40. The van der Waals surface area contributed by atoms with Crippen LogP contribution < -0.4 is 34.9 Å². The molecule has 1 rings (SSSR count). The van der Waals surface area contributed by atoms with E-state index in [2.05, 4.69) is 10.2 Å². The van der Waals surface area contributed by atoms with E-state index >= 15 is 0 Å². The Bertz CT molecular complexity index is 273. The van der Waals surface area contributed by atoms with Gasteiger partial charge >= 0.3 is 29.6 Å². The van der Waals surface area contributed by atoms with Crippen LogP contribution >= 0.6 is 0 Å². The molecule has 0 aliphatic carbocycles. The van der Waals surface area contributed by atoms with Crippen molar-refractivity contribution < 1.29 is 48.7 Å². The van der Waals surface area contributed by atoms with Gasteiger partial charge in [-0.1, -0.05) is 0 Å². The zero-order valence-electron chi connectivity index (χ0n) is 10.7. The molecule has 8 heteroatoms. The monoisotopic (exact) mass is 262 g/mol. The number of nitrogens with zero attached hydrogens (tertiary/aromatic N) is 1. The molecule has 0 aromatic rings. The molecule has 0 aromatic carbocycles. The fourth-order valence-corrected chi connectivity index (χ4v) is 2.07. The summed E-state index contributed by atoms with van der Waals surface area (Å²) in [6, 6.07) is 0. The van der Waals surface area contributed by atoms with Gasteiger partial charge in [0.1, 0.15) is 0 Å². The van der Waals surface area contributed by atoms with Crippen LogP contribution in [0.15, 0.2) is 0 Å². The van der Waals surface area contributed by atoms with Crippen molar-refractivity contribution in [3.63, 3.8) is 0 Å². The third-order valence-corrected chi connectivity index (χ3v) is 3.43. The van der Waals surface area contributed by atoms with Gasteiger partial charge in [-0.05, 0) is 0 Å². The molecular formula is C8H19N2NaO4S. The van der Waals surface area contributed by atoms with Gasteiger partial charge in [0, 0.05) is 32.7 Å². The molecule has 16 heavy (non-hydrogen) atoms. The van der Waals surface area contributed by atoms with E-state index in [4.69, 9.17) is 9.29 Å². The van der Waals surface area contributed by atoms with Gasteiger partial charge in [0.2, 0.25) is 0 Å². The summed E-state index contributed by atoms with van der Waals surface area (Å²) in [7, 11) is -3.52. The number of hydrogen-bond acceptors (Lipinski definition) is 6. The van der Waals surface area contributed by atoms with Crippen molar-refractivity contribution >= 4 is 10.1 Å². The van der Waals surface area contributed by atoms with Crippen LogP contribution in [0.1, 0.15) is 1.43 Å². The first-order valence-electron chi connectivity index (χ1n) is 5.05. The first-order valence-corrected chi connectivity index (χ1v) is 6.63. The molecule has 0 unspecified atom stereocenters. The zero-order valence-corrected chi connectivity index (χ0v) is 12.5. The average molecular weight is 262 g/mol. The minimum Gasteiger partial charge on any atom is -1.00 e. The van der Waals surface area contributed by atoms with Crippen molar-refractivity contribution in [2.75, 3.05) is 51.7 Å². The maximum Gasteiger partial charge on any atom is 1.00 e. The summed E-state index contributed by atoms with van der Waals surface area (Å²) in [5.41, 5.74) is 0. The van der Waals surface area contributed by atoms with Gasteiger partial charge in [0.15, 0.2) is 0 Å². The third kappa shape index (κ3) is 7.18. The van der Waals surface area contributed by atoms with Crippen molar-refractivity contribution in [3.8, 4) is 0 Å². The largest absolute Gasteiger partial charge is 1.00 e. The van der Waals surface area contributed by atoms with Crippen LogP contribution in [0.2, 0.25) is 0 Å². The molecule has 0 bridgehead atoms. The molecule has 0 amide bonds. The summed E-state index contributed by atoms with van der Waals surface area (Å²) in [5, 5.41) is 11.7. The average Bonchev–Trinajstić information content (AvgIpc) is 2.19. The molecule has 6 nitrogen and oxygen atoms in total. The third-order valence-electron chi connectivity index (χ3n) is 2.22. The molecule has 0 aromatic heterocycles. The SMILES string of the molecule is O=S(=O)(CCO)OCCN1CCNCC1.[H-].[Na+]. The number of rotatable bonds is 6. The zero-order chi connectivity index (χ0) is 11.1. The summed E-state index contributed by atoms with van der Waals surface area (Å²) in [5.74, 6) is -0.325. The van der Waals surface area contributed by atoms with Crippen LogP contribution in [0.3, 0.4) is 0 Å². The summed E-state index contributed by atoms with van der Waals surface area (Å²) >= 11 is 0. The minimum absolute atomic E-state index is 0. The van der Waals surface area contributed by atoms with Crippen molar-refractivity contribution in [1.82, 2.24) is 10.2 Å². The quantitative estimate of drug-likeness (QED) is 0.370. The van der Waals surface area contributed by atoms with Gasteiger partial charge in [-0.2, -0.15) is 8.42 Å². The van der Waals surface area contributed by atoms with Crippen molar-refractivity contribution in [2.24, 2.45) is 0 Å². The van der Waals surface area contributed by atoms with Crippen molar-refractivity contribution in [1.29, 1.82) is 0 Å². The van der Waals surface area contributed by atoms with Gasteiger partial charge in [-0.15, -0.1) is 0 Å². The van der Waals surface area contributed by atoms with Crippen LogP contribution in [0.25, 0.3) is 0 Å². The first kappa shape index (κ1) is 16.8. The van der Waals surface area contributed by atoms with E-state index in [9.17, 15) is 8.42 Å². The molecular weight excluding hydrogens is 243 g/mol. The number of aliphatic hydroxyl groups excluding tert-OH is 1. The number of piperazine rings is 1. The Morgan fingerprint density at radius 3 is 2.56 bits per heavy atom. The first-order chi connectivity index (χ1) is 7.14. The fourth-order valence-electron chi connectivity index (χ4n) is 1.40. The van der Waals surface area contributed by atoms with E-state index in [1.54, 1.807) is 0 Å². The summed E-state index contributed by atoms with van der Waals surface area (Å²) < 4.78 is 26.8. The van der Waals surface area contributed by atoms with Gasteiger partial charge in [0.05, 0.1) is 19.0 Å². The van der Waals surface area contributed by atoms with E-state index < -0.39 is 16.7 Å². The van der Waals surface area contributed by atoms with Crippen LogP contribution in [-0.2, 0) is 14.3 Å². The molecule has 1 saturated heterocycles. The van der Waals surface area contributed by atoms with E-state index in [0.717, 1.165) is 26.2 Å². The number of aliphatic hydroxyl groups is 1. The van der Waals surface area contributed by atoms with E-state index in [1.807, 2.05) is 0 Å². The van der Waals surface area contributed by atoms with E-state index in [0.29, 0.717) is 6.54 Å². The Balaban J connectivity index is 0. The molecule has 1 aliphatic rings. The van der Waals surface area contributed by atoms with Gasteiger partial charge in [0.25, 0.3) is 10.1 Å². The molecule has 0 radical (unpaired) electrons. The predicted molar refractivity (Wildman–Crippen MR) is 57.2 cm³/mol. The van der Waals surface area contributed by atoms with Gasteiger partial charge < -0.3 is 11.8 Å². The molecule has 2 N–H and O–H groups in total. The van der Waals surface area contributed by atoms with E-state index in [1.165, 1.54) is 0 Å². The smallest absolute Gasteiger partial charge is 1.00 e. The van der Waals surface area contributed by atoms with Crippen molar-refractivity contribution in [3.05, 3.63) is 0 Å². The Hall–Kier alpha value is 0.790. The Kier molecular flexibility index (Phi) is 9.25. The van der Waals surface area contributed by atoms with E-state index in [-0.39, 0.29) is 43.3 Å². The molecule has 92 valence electrons. The Morgan fingerprint density at radius 2 is 2.00 bits per heavy atom. The Morgan fingerprint density at radius 1 is 1.38 bits per heavy atom. The van der Waals surface area contributed by atoms with Crippen LogP contribution in [0.4, 0.5) is 0 Å². The molecule has 0 atom stereocenters. The van der Waals surface area contributed by atoms with Gasteiger partial charge in [-0.3, -0.25) is 9.08 Å². The molecule has 0 saturated carbocycles. The fraction of sp³-hybridized carbons (Fsp3) is 1.00. The summed E-state index contributed by atoms with van der Waals surface area (Å²) in [6.07, 6.45) is 0. The number of nitrogens with one attached hydrogen (secondary N) is 1. The molecule has 0 spiro atoms. The topological polar surface area (TPSA) is 78.9 Å². The van der Waals surface area contributed by atoms with Gasteiger partial charge in [-0.25, -0.2) is 0 Å². The van der Waals surface area contributed by atoms with Crippen molar-refractivity contribution in [2.45, 2.75) is 0 Å². The summed E-state index contributed by atoms with van der Waals surface area (Å²) in [4.78, 5) is 2.14. The second kappa shape index (κ2) is 8.82. The summed E-state index contributed by atoms with van der Waals surface area (Å²) in [6.45, 7) is 4.10. The predicted octanol–water partition coefficient (Wildman–Crippen LogP) is -4.65. The normalized spacial score (nSPS) is 18.1. The second-order valence-corrected chi connectivity index (χ2v) is 5.16. The number of hydrogen-bond donors (Lipinski definition) is 2. The standard InChI is InChI=1S/C8H18N2O4S.Na.H/c11-6-8-15(12,13)14-7-5-10-3-1-9-2-4-10;;/h9,11H,1-8H2;;/q;+1;-1. The van der Waals surface area contributed by atoms with Crippen LogP contribution in [0, 0.1) is 0 Å². The van der Waals surface area contributed by atoms with Crippen LogP contribution in [0.5, 0.6) is 0 Å². The van der Waals surface area contributed by atoms with Crippen LogP contribution in [-0.4, -0.2) is 70.1 Å². The maximum absolute atomic E-state index is 11.1. The minimum atomic E-state index is -3.52.